The van der Waals surface area contributed by atoms with Gasteiger partial charge in [0.15, 0.2) is 13.2 Å². The molecular weight excluding hydrogens is 312 g/mol. The predicted octanol–water partition coefficient (Wildman–Crippen LogP) is 1.11. The molecule has 1 aliphatic heterocycles. The Balaban J connectivity index is 1.77. The molecule has 0 bridgehead atoms. The Hall–Kier alpha value is -2.57. The van der Waals surface area contributed by atoms with E-state index in [0.717, 1.165) is 25.7 Å². The number of ether oxygens (including phenoxy) is 2. The monoisotopic (exact) mass is 334 g/mol. The number of benzene rings is 1. The molecule has 1 aliphatic rings. The molecule has 130 valence electrons. The maximum absolute atomic E-state index is 12.0. The summed E-state index contributed by atoms with van der Waals surface area (Å²) in [6.07, 6.45) is 4.20. The van der Waals surface area contributed by atoms with Gasteiger partial charge in [-0.25, -0.2) is 4.79 Å². The first kappa shape index (κ1) is 17.8. The van der Waals surface area contributed by atoms with Gasteiger partial charge in [-0.2, -0.15) is 0 Å². The van der Waals surface area contributed by atoms with Gasteiger partial charge in [-0.05, 0) is 25.0 Å². The highest BCUT2D eigenvalue weighted by Crippen LogP contribution is 2.17. The lowest BCUT2D eigenvalue weighted by molar-refractivity contribution is -0.153. The van der Waals surface area contributed by atoms with Crippen molar-refractivity contribution in [1.82, 2.24) is 4.90 Å². The Morgan fingerprint density at radius 2 is 1.67 bits per heavy atom. The summed E-state index contributed by atoms with van der Waals surface area (Å²) in [4.78, 5) is 36.7. The summed E-state index contributed by atoms with van der Waals surface area (Å²) < 4.78 is 10.2. The van der Waals surface area contributed by atoms with Crippen molar-refractivity contribution in [2.75, 3.05) is 26.3 Å². The Morgan fingerprint density at radius 1 is 1.00 bits per heavy atom. The highest BCUT2D eigenvalue weighted by Gasteiger charge is 2.17. The highest BCUT2D eigenvalue weighted by atomic mass is 16.6. The fourth-order valence-electron chi connectivity index (χ4n) is 2.53. The van der Waals surface area contributed by atoms with Crippen LogP contribution >= 0.6 is 0 Å². The van der Waals surface area contributed by atoms with Gasteiger partial charge in [0.2, 0.25) is 0 Å². The first-order valence-electron chi connectivity index (χ1n) is 8.03. The topological polar surface area (TPSA) is 98.9 Å². The average molecular weight is 334 g/mol. The third kappa shape index (κ3) is 5.26. The number of likely N-dealkylation sites (tertiary alicyclic amines) is 1. The summed E-state index contributed by atoms with van der Waals surface area (Å²) in [6.45, 7) is 0.731. The van der Waals surface area contributed by atoms with Crippen LogP contribution in [0.2, 0.25) is 0 Å². The summed E-state index contributed by atoms with van der Waals surface area (Å²) in [5.41, 5.74) is 5.42. The van der Waals surface area contributed by atoms with Crippen molar-refractivity contribution in [1.29, 1.82) is 0 Å². The average Bonchev–Trinajstić information content (AvgIpc) is 2.87. The first-order valence-corrected chi connectivity index (χ1v) is 8.03. The fourth-order valence-corrected chi connectivity index (χ4v) is 2.53. The minimum absolute atomic E-state index is 0.186. The summed E-state index contributed by atoms with van der Waals surface area (Å²) in [7, 11) is 0. The summed E-state index contributed by atoms with van der Waals surface area (Å²) in [6, 6.07) is 6.35. The zero-order valence-electron chi connectivity index (χ0n) is 13.5. The SMILES string of the molecule is NC(=O)c1ccccc1OCC(=O)OCC(=O)N1CCCCCC1. The zero-order chi connectivity index (χ0) is 17.4. The Kier molecular flexibility index (Phi) is 6.60. The molecule has 0 atom stereocenters. The Bertz CT molecular complexity index is 594. The lowest BCUT2D eigenvalue weighted by Gasteiger charge is -2.20. The van der Waals surface area contributed by atoms with E-state index in [0.29, 0.717) is 13.1 Å². The van der Waals surface area contributed by atoms with Gasteiger partial charge < -0.3 is 20.1 Å². The van der Waals surface area contributed by atoms with Crippen LogP contribution in [0.25, 0.3) is 0 Å². The van der Waals surface area contributed by atoms with Gasteiger partial charge in [-0.15, -0.1) is 0 Å². The van der Waals surface area contributed by atoms with Crippen molar-refractivity contribution in [2.45, 2.75) is 25.7 Å². The van der Waals surface area contributed by atoms with Crippen molar-refractivity contribution in [3.8, 4) is 5.75 Å². The van der Waals surface area contributed by atoms with Crippen LogP contribution in [0.5, 0.6) is 5.75 Å². The number of hydrogen-bond donors (Lipinski definition) is 1. The van der Waals surface area contributed by atoms with Gasteiger partial charge in [0.05, 0.1) is 5.56 Å². The molecule has 0 saturated carbocycles. The van der Waals surface area contributed by atoms with Crippen LogP contribution < -0.4 is 10.5 Å². The normalized spacial score (nSPS) is 14.6. The summed E-state index contributed by atoms with van der Waals surface area (Å²) in [5.74, 6) is -1.30. The van der Waals surface area contributed by atoms with Gasteiger partial charge in [-0.3, -0.25) is 9.59 Å². The van der Waals surface area contributed by atoms with Crippen LogP contribution in [-0.2, 0) is 14.3 Å². The van der Waals surface area contributed by atoms with Gasteiger partial charge in [-0.1, -0.05) is 25.0 Å². The Labute approximate surface area is 140 Å². The van der Waals surface area contributed by atoms with E-state index in [4.69, 9.17) is 15.2 Å². The van der Waals surface area contributed by atoms with E-state index in [1.165, 1.54) is 12.1 Å². The standard InChI is InChI=1S/C17H22N2O5/c18-17(22)13-7-3-4-8-14(13)23-12-16(21)24-11-15(20)19-9-5-1-2-6-10-19/h3-4,7-8H,1-2,5-6,9-12H2,(H2,18,22). The quantitative estimate of drug-likeness (QED) is 0.786. The second-order valence-corrected chi connectivity index (χ2v) is 5.60. The molecule has 0 radical (unpaired) electrons. The second-order valence-electron chi connectivity index (χ2n) is 5.60. The van der Waals surface area contributed by atoms with Crippen molar-refractivity contribution in [2.24, 2.45) is 5.73 Å². The van der Waals surface area contributed by atoms with Crippen LogP contribution in [-0.4, -0.2) is 49.0 Å². The third-order valence-electron chi connectivity index (χ3n) is 3.81. The van der Waals surface area contributed by atoms with Crippen molar-refractivity contribution < 1.29 is 23.9 Å². The molecule has 1 fully saturated rings. The van der Waals surface area contributed by atoms with E-state index >= 15 is 0 Å². The van der Waals surface area contributed by atoms with Gasteiger partial charge in [0, 0.05) is 13.1 Å². The van der Waals surface area contributed by atoms with E-state index in [1.54, 1.807) is 17.0 Å². The number of amides is 2. The number of nitrogens with zero attached hydrogens (tertiary/aromatic N) is 1. The van der Waals surface area contributed by atoms with Crippen LogP contribution in [0.1, 0.15) is 36.0 Å². The van der Waals surface area contributed by atoms with E-state index < -0.39 is 18.5 Å². The highest BCUT2D eigenvalue weighted by molar-refractivity contribution is 5.95. The third-order valence-corrected chi connectivity index (χ3v) is 3.81. The van der Waals surface area contributed by atoms with Crippen molar-refractivity contribution >= 4 is 17.8 Å². The lowest BCUT2D eigenvalue weighted by Crippen LogP contribution is -2.35. The molecule has 7 nitrogen and oxygen atoms in total. The molecular formula is C17H22N2O5. The minimum Gasteiger partial charge on any atom is -0.481 e. The maximum Gasteiger partial charge on any atom is 0.344 e. The molecule has 1 saturated heterocycles. The molecule has 2 amide bonds. The molecule has 2 N–H and O–H groups in total. The molecule has 1 aromatic carbocycles. The molecule has 0 unspecified atom stereocenters. The van der Waals surface area contributed by atoms with Gasteiger partial charge in [0.25, 0.3) is 11.8 Å². The smallest absolute Gasteiger partial charge is 0.344 e. The fraction of sp³-hybridized carbons (Fsp3) is 0.471. The van der Waals surface area contributed by atoms with Crippen LogP contribution in [0.4, 0.5) is 0 Å². The van der Waals surface area contributed by atoms with E-state index in [2.05, 4.69) is 0 Å². The van der Waals surface area contributed by atoms with Crippen molar-refractivity contribution in [3.63, 3.8) is 0 Å². The van der Waals surface area contributed by atoms with Crippen LogP contribution in [0.3, 0.4) is 0 Å². The van der Waals surface area contributed by atoms with Gasteiger partial charge in [0.1, 0.15) is 5.75 Å². The van der Waals surface area contributed by atoms with E-state index in [1.807, 2.05) is 0 Å². The maximum atomic E-state index is 12.0. The molecule has 0 aromatic heterocycles. The number of para-hydroxylation sites is 1. The molecule has 24 heavy (non-hydrogen) atoms. The lowest BCUT2D eigenvalue weighted by atomic mass is 10.2. The zero-order valence-corrected chi connectivity index (χ0v) is 13.5. The van der Waals surface area contributed by atoms with Crippen LogP contribution in [0, 0.1) is 0 Å². The number of primary amides is 1. The minimum atomic E-state index is -0.669. The second kappa shape index (κ2) is 8.90. The molecule has 1 heterocycles. The van der Waals surface area contributed by atoms with E-state index in [9.17, 15) is 14.4 Å². The molecule has 7 heteroatoms. The largest absolute Gasteiger partial charge is 0.481 e. The molecule has 2 rings (SSSR count). The Morgan fingerprint density at radius 3 is 2.33 bits per heavy atom. The van der Waals surface area contributed by atoms with Gasteiger partial charge >= 0.3 is 5.97 Å². The van der Waals surface area contributed by atoms with Crippen LogP contribution in [0.15, 0.2) is 24.3 Å². The number of hydrogen-bond acceptors (Lipinski definition) is 5. The number of rotatable bonds is 6. The van der Waals surface area contributed by atoms with E-state index in [-0.39, 0.29) is 23.8 Å². The molecule has 0 aliphatic carbocycles. The molecule has 0 spiro atoms. The first-order chi connectivity index (χ1) is 11.6. The summed E-state index contributed by atoms with van der Waals surface area (Å²) >= 11 is 0. The number of carbonyl (C=O) groups excluding carboxylic acids is 3. The summed E-state index contributed by atoms with van der Waals surface area (Å²) in [5, 5.41) is 0. The molecule has 1 aromatic rings. The number of carbonyl (C=O) groups is 3. The number of nitrogens with two attached hydrogens (primary N) is 1. The van der Waals surface area contributed by atoms with Crippen molar-refractivity contribution in [3.05, 3.63) is 29.8 Å². The number of esters is 1. The predicted molar refractivity (Wildman–Crippen MR) is 86.5 cm³/mol.